The molecule has 0 radical (unpaired) electrons. The van der Waals surface area contributed by atoms with Crippen molar-refractivity contribution in [1.82, 2.24) is 14.9 Å². The van der Waals surface area contributed by atoms with Gasteiger partial charge in [-0.2, -0.15) is 0 Å². The number of allylic oxidation sites excluding steroid dienone is 1. The molecule has 0 atom stereocenters. The molecule has 2 amide bonds. The Morgan fingerprint density at radius 1 is 1.26 bits per heavy atom. The van der Waals surface area contributed by atoms with Gasteiger partial charge in [-0.25, -0.2) is 13.8 Å². The third-order valence-electron chi connectivity index (χ3n) is 4.80. The van der Waals surface area contributed by atoms with Crippen LogP contribution in [0.3, 0.4) is 0 Å². The summed E-state index contributed by atoms with van der Waals surface area (Å²) in [7, 11) is 0. The van der Waals surface area contributed by atoms with Crippen LogP contribution < -0.4 is 0 Å². The van der Waals surface area contributed by atoms with Crippen molar-refractivity contribution in [3.05, 3.63) is 46.6 Å². The van der Waals surface area contributed by atoms with Crippen molar-refractivity contribution in [2.45, 2.75) is 31.6 Å². The zero-order valence-corrected chi connectivity index (χ0v) is 15.2. The Morgan fingerprint density at radius 2 is 2.04 bits per heavy atom. The molecule has 5 nitrogen and oxygen atoms in total. The van der Waals surface area contributed by atoms with Crippen molar-refractivity contribution in [1.29, 1.82) is 0 Å². The maximum Gasteiger partial charge on any atom is 0.293 e. The zero-order valence-electron chi connectivity index (χ0n) is 14.4. The molecule has 8 heteroatoms. The summed E-state index contributed by atoms with van der Waals surface area (Å²) in [5.74, 6) is -3.04. The minimum absolute atomic E-state index is 0.151. The number of H-pyrrole nitrogens is 1. The lowest BCUT2D eigenvalue weighted by atomic mass is 9.91. The van der Waals surface area contributed by atoms with Gasteiger partial charge in [0, 0.05) is 19.4 Å². The molecule has 1 aromatic carbocycles. The molecular formula is C19H17F2N3O2S. The van der Waals surface area contributed by atoms with Crippen molar-refractivity contribution in [2.24, 2.45) is 0 Å². The maximum absolute atomic E-state index is 13.3. The zero-order chi connectivity index (χ0) is 19.0. The number of imidazole rings is 1. The number of halogens is 2. The first kappa shape index (κ1) is 17.9. The molecule has 1 aromatic heterocycles. The highest BCUT2D eigenvalue weighted by atomic mass is 32.2. The Kier molecular flexibility index (Phi) is 4.59. The van der Waals surface area contributed by atoms with Crippen molar-refractivity contribution < 1.29 is 18.4 Å². The number of hydrogen-bond donors (Lipinski definition) is 1. The highest BCUT2D eigenvalue weighted by Gasteiger charge is 2.40. The fourth-order valence-electron chi connectivity index (χ4n) is 3.27. The highest BCUT2D eigenvalue weighted by molar-refractivity contribution is 8.18. The number of alkyl halides is 2. The molecule has 4 rings (SSSR count). The van der Waals surface area contributed by atoms with Gasteiger partial charge < -0.3 is 4.98 Å². The highest BCUT2D eigenvalue weighted by Crippen LogP contribution is 2.42. The van der Waals surface area contributed by atoms with Crippen LogP contribution in [0.25, 0.3) is 17.1 Å². The Morgan fingerprint density at radius 3 is 2.81 bits per heavy atom. The Labute approximate surface area is 158 Å². The monoisotopic (exact) mass is 389 g/mol. The molecule has 1 saturated carbocycles. The molecule has 2 aliphatic rings. The van der Waals surface area contributed by atoms with Gasteiger partial charge in [0.1, 0.15) is 0 Å². The first-order valence-electron chi connectivity index (χ1n) is 8.66. The fraction of sp³-hybridized carbons (Fsp3) is 0.316. The smallest absolute Gasteiger partial charge is 0.293 e. The molecule has 27 heavy (non-hydrogen) atoms. The second-order valence-electron chi connectivity index (χ2n) is 6.65. The summed E-state index contributed by atoms with van der Waals surface area (Å²) in [5, 5.41) is -0.353. The van der Waals surface area contributed by atoms with Crippen molar-refractivity contribution >= 4 is 40.0 Å². The summed E-state index contributed by atoms with van der Waals surface area (Å²) in [5.41, 5.74) is 3.37. The topological polar surface area (TPSA) is 66.1 Å². The first-order valence-corrected chi connectivity index (χ1v) is 9.48. The van der Waals surface area contributed by atoms with E-state index in [0.29, 0.717) is 10.5 Å². The molecule has 140 valence electrons. The van der Waals surface area contributed by atoms with E-state index in [1.807, 2.05) is 24.3 Å². The number of rotatable bonds is 3. The second-order valence-corrected chi connectivity index (χ2v) is 7.62. The van der Waals surface area contributed by atoms with Gasteiger partial charge in [-0.1, -0.05) is 23.8 Å². The number of aromatic nitrogens is 2. The second kappa shape index (κ2) is 6.92. The number of imide groups is 1. The van der Waals surface area contributed by atoms with E-state index in [-0.39, 0.29) is 43.4 Å². The molecule has 0 bridgehead atoms. The summed E-state index contributed by atoms with van der Waals surface area (Å²) in [6, 6.07) is 5.71. The van der Waals surface area contributed by atoms with E-state index < -0.39 is 5.92 Å². The Balaban J connectivity index is 1.45. The third kappa shape index (κ3) is 3.66. The number of carbonyl (C=O) groups is 2. The van der Waals surface area contributed by atoms with Gasteiger partial charge in [-0.3, -0.25) is 14.5 Å². The van der Waals surface area contributed by atoms with Crippen LogP contribution in [0.1, 0.15) is 31.2 Å². The molecule has 1 aliphatic carbocycles. The van der Waals surface area contributed by atoms with E-state index in [0.717, 1.165) is 33.3 Å². The number of benzene rings is 1. The average molecular weight is 389 g/mol. The first-order chi connectivity index (χ1) is 12.9. The van der Waals surface area contributed by atoms with Crippen LogP contribution in [-0.2, 0) is 4.79 Å². The number of carbonyl (C=O) groups excluding carboxylic acids is 2. The van der Waals surface area contributed by atoms with Gasteiger partial charge in [0.15, 0.2) is 0 Å². The SMILES string of the molecule is O=C1SC(=C2CCC(F)(F)CC2)C(=O)N1CC=Cc1ccc2nc[nH]c2c1. The van der Waals surface area contributed by atoms with E-state index >= 15 is 0 Å². The molecule has 1 saturated heterocycles. The summed E-state index contributed by atoms with van der Waals surface area (Å²) in [6.07, 6.45) is 5.01. The molecule has 2 heterocycles. The third-order valence-corrected chi connectivity index (χ3v) is 5.86. The van der Waals surface area contributed by atoms with Crippen LogP contribution in [0.5, 0.6) is 0 Å². The van der Waals surface area contributed by atoms with Crippen LogP contribution in [-0.4, -0.2) is 38.5 Å². The van der Waals surface area contributed by atoms with E-state index in [9.17, 15) is 18.4 Å². The number of thioether (sulfide) groups is 1. The number of nitrogens with one attached hydrogen (secondary N) is 1. The minimum atomic E-state index is -2.67. The van der Waals surface area contributed by atoms with Crippen LogP contribution in [0, 0.1) is 0 Å². The number of hydrogen-bond acceptors (Lipinski definition) is 4. The van der Waals surface area contributed by atoms with E-state index in [1.54, 1.807) is 12.4 Å². The van der Waals surface area contributed by atoms with Gasteiger partial charge in [-0.15, -0.1) is 0 Å². The van der Waals surface area contributed by atoms with Crippen molar-refractivity contribution in [3.63, 3.8) is 0 Å². The lowest BCUT2D eigenvalue weighted by molar-refractivity contribution is -0.122. The normalized spacial score (nSPS) is 20.4. The lowest BCUT2D eigenvalue weighted by Gasteiger charge is -2.24. The van der Waals surface area contributed by atoms with Gasteiger partial charge in [0.2, 0.25) is 5.92 Å². The van der Waals surface area contributed by atoms with Gasteiger partial charge in [0.05, 0.1) is 22.3 Å². The predicted molar refractivity (Wildman–Crippen MR) is 100 cm³/mol. The summed E-state index contributed by atoms with van der Waals surface area (Å²) in [6.45, 7) is 0.151. The van der Waals surface area contributed by atoms with Crippen molar-refractivity contribution in [2.75, 3.05) is 6.54 Å². The number of fused-ring (bicyclic) bond motifs is 1. The van der Waals surface area contributed by atoms with Crippen LogP contribution >= 0.6 is 11.8 Å². The largest absolute Gasteiger partial charge is 0.345 e. The fourth-order valence-corrected chi connectivity index (χ4v) is 4.26. The predicted octanol–water partition coefficient (Wildman–Crippen LogP) is 4.73. The molecule has 2 fully saturated rings. The minimum Gasteiger partial charge on any atom is -0.345 e. The number of aromatic amines is 1. The van der Waals surface area contributed by atoms with Gasteiger partial charge >= 0.3 is 0 Å². The summed E-state index contributed by atoms with van der Waals surface area (Å²) < 4.78 is 26.6. The lowest BCUT2D eigenvalue weighted by Crippen LogP contribution is -2.29. The molecule has 1 N–H and O–H groups in total. The van der Waals surface area contributed by atoms with Crippen LogP contribution in [0.2, 0.25) is 0 Å². The number of nitrogens with zero attached hydrogens (tertiary/aromatic N) is 2. The molecule has 0 unspecified atom stereocenters. The standard InChI is InChI=1S/C19H17F2N3O2S/c20-19(21)7-5-13(6-8-19)16-17(25)24(18(26)27-16)9-1-2-12-3-4-14-15(10-12)23-11-22-14/h1-4,10-11H,5-9H2,(H,22,23). The quantitative estimate of drug-likeness (QED) is 0.771. The molecule has 0 spiro atoms. The van der Waals surface area contributed by atoms with Crippen molar-refractivity contribution in [3.8, 4) is 0 Å². The maximum atomic E-state index is 13.3. The Bertz CT molecular complexity index is 968. The van der Waals surface area contributed by atoms with Crippen LogP contribution in [0.15, 0.2) is 41.1 Å². The van der Waals surface area contributed by atoms with Gasteiger partial charge in [-0.05, 0) is 42.3 Å². The van der Waals surface area contributed by atoms with Gasteiger partial charge in [0.25, 0.3) is 11.1 Å². The van der Waals surface area contributed by atoms with E-state index in [4.69, 9.17) is 0 Å². The average Bonchev–Trinajstić information content (AvgIpc) is 3.21. The molecular weight excluding hydrogens is 372 g/mol. The summed E-state index contributed by atoms with van der Waals surface area (Å²) >= 11 is 0.863. The van der Waals surface area contributed by atoms with E-state index in [2.05, 4.69) is 9.97 Å². The van der Waals surface area contributed by atoms with Crippen LogP contribution in [0.4, 0.5) is 13.6 Å². The van der Waals surface area contributed by atoms with E-state index in [1.165, 1.54) is 0 Å². The number of amides is 2. The summed E-state index contributed by atoms with van der Waals surface area (Å²) in [4.78, 5) is 33.4. The Hall–Kier alpha value is -2.48. The molecule has 2 aromatic rings. The molecule has 1 aliphatic heterocycles.